The number of carbonyl (C=O) groups is 1. The number of non-ortho nitro benzene ring substituents is 2. The fourth-order valence-corrected chi connectivity index (χ4v) is 4.34. The summed E-state index contributed by atoms with van der Waals surface area (Å²) in [6.45, 7) is 3.46. The Morgan fingerprint density at radius 3 is 2.06 bits per heavy atom. The first-order valence-corrected chi connectivity index (χ1v) is 11.0. The highest BCUT2D eigenvalue weighted by Crippen LogP contribution is 2.36. The Labute approximate surface area is 196 Å². The van der Waals surface area contributed by atoms with Gasteiger partial charge in [-0.05, 0) is 67.3 Å². The van der Waals surface area contributed by atoms with E-state index in [4.69, 9.17) is 4.74 Å². The van der Waals surface area contributed by atoms with Crippen molar-refractivity contribution in [2.45, 2.75) is 45.1 Å². The van der Waals surface area contributed by atoms with E-state index in [1.54, 1.807) is 13.8 Å². The Balaban J connectivity index is 1.66. The largest absolute Gasteiger partial charge is 0.451 e. The molecule has 3 aromatic rings. The molecule has 0 spiro atoms. The highest BCUT2D eigenvalue weighted by molar-refractivity contribution is 5.91. The van der Waals surface area contributed by atoms with Crippen LogP contribution in [0.2, 0.25) is 0 Å². The molecule has 34 heavy (non-hydrogen) atoms. The maximum absolute atomic E-state index is 12.9. The summed E-state index contributed by atoms with van der Waals surface area (Å²) in [5, 5.41) is 22.3. The molecule has 0 N–H and O–H groups in total. The fraction of sp³-hybridized carbons (Fsp3) is 0.269. The molecule has 3 aromatic carbocycles. The van der Waals surface area contributed by atoms with E-state index in [0.29, 0.717) is 0 Å². The normalized spacial score (nSPS) is 13.1. The predicted molar refractivity (Wildman–Crippen MR) is 127 cm³/mol. The van der Waals surface area contributed by atoms with Gasteiger partial charge in [-0.1, -0.05) is 42.5 Å². The number of nitro benzene ring substituents is 2. The first-order valence-electron chi connectivity index (χ1n) is 11.0. The molecule has 4 rings (SSSR count). The van der Waals surface area contributed by atoms with E-state index >= 15 is 0 Å². The summed E-state index contributed by atoms with van der Waals surface area (Å²) in [6.07, 6.45) is 4.07. The quantitative estimate of drug-likeness (QED) is 0.257. The van der Waals surface area contributed by atoms with Gasteiger partial charge in [0.15, 0.2) is 0 Å². The number of nitro groups is 2. The molecular formula is C26H24N2O6. The van der Waals surface area contributed by atoms with Crippen molar-refractivity contribution in [1.29, 1.82) is 0 Å². The number of carbonyl (C=O) groups excluding carboxylic acids is 1. The maximum Gasteiger partial charge on any atom is 0.339 e. The van der Waals surface area contributed by atoms with Crippen molar-refractivity contribution in [2.24, 2.45) is 0 Å². The number of aryl methyl sites for hydroxylation is 2. The van der Waals surface area contributed by atoms with Gasteiger partial charge in [0, 0.05) is 12.1 Å². The van der Waals surface area contributed by atoms with Crippen molar-refractivity contribution in [3.63, 3.8) is 0 Å². The second-order valence-electron chi connectivity index (χ2n) is 8.89. The lowest BCUT2D eigenvalue weighted by Crippen LogP contribution is -2.26. The van der Waals surface area contributed by atoms with Crippen molar-refractivity contribution in [2.75, 3.05) is 0 Å². The van der Waals surface area contributed by atoms with Crippen LogP contribution in [-0.4, -0.2) is 15.8 Å². The Hall–Kier alpha value is -4.07. The van der Waals surface area contributed by atoms with Crippen LogP contribution in [-0.2, 0) is 23.2 Å². The molecule has 0 unspecified atom stereocenters. The van der Waals surface area contributed by atoms with E-state index in [0.717, 1.165) is 55.0 Å². The summed E-state index contributed by atoms with van der Waals surface area (Å²) >= 11 is 0. The first kappa shape index (κ1) is 23.1. The number of ether oxygens (including phenoxy) is 1. The van der Waals surface area contributed by atoms with Gasteiger partial charge in [-0.2, -0.15) is 0 Å². The fourth-order valence-electron chi connectivity index (χ4n) is 4.34. The van der Waals surface area contributed by atoms with E-state index in [-0.39, 0.29) is 5.56 Å². The molecule has 0 saturated carbocycles. The predicted octanol–water partition coefficient (Wildman–Crippen LogP) is 6.14. The summed E-state index contributed by atoms with van der Waals surface area (Å²) in [5.74, 6) is -0.867. The van der Waals surface area contributed by atoms with Crippen molar-refractivity contribution < 1.29 is 19.4 Å². The van der Waals surface area contributed by atoms with Gasteiger partial charge in [0.05, 0.1) is 21.5 Å². The minimum atomic E-state index is -1.06. The molecule has 1 aliphatic rings. The van der Waals surface area contributed by atoms with Crippen LogP contribution in [0.3, 0.4) is 0 Å². The second-order valence-corrected chi connectivity index (χ2v) is 8.89. The lowest BCUT2D eigenvalue weighted by atomic mass is 9.85. The summed E-state index contributed by atoms with van der Waals surface area (Å²) in [7, 11) is 0. The topological polar surface area (TPSA) is 113 Å². The van der Waals surface area contributed by atoms with Crippen LogP contribution in [0, 0.1) is 20.2 Å². The molecule has 0 fully saturated rings. The highest BCUT2D eigenvalue weighted by Gasteiger charge is 2.29. The van der Waals surface area contributed by atoms with Crippen molar-refractivity contribution in [3.05, 3.63) is 103 Å². The summed E-state index contributed by atoms with van der Waals surface area (Å²) < 4.78 is 5.71. The maximum atomic E-state index is 12.9. The third kappa shape index (κ3) is 4.66. The Morgan fingerprint density at radius 1 is 0.824 bits per heavy atom. The molecule has 8 heteroatoms. The molecule has 8 nitrogen and oxygen atoms in total. The number of nitrogens with zero attached hydrogens (tertiary/aromatic N) is 2. The molecule has 1 aliphatic carbocycles. The summed E-state index contributed by atoms with van der Waals surface area (Å²) in [4.78, 5) is 33.6. The highest BCUT2D eigenvalue weighted by atomic mass is 16.6. The Bertz CT molecular complexity index is 1270. The number of hydrogen-bond acceptors (Lipinski definition) is 6. The van der Waals surface area contributed by atoms with Gasteiger partial charge >= 0.3 is 5.97 Å². The number of esters is 1. The lowest BCUT2D eigenvalue weighted by molar-refractivity contribution is -0.394. The van der Waals surface area contributed by atoms with Gasteiger partial charge in [0.2, 0.25) is 0 Å². The SMILES string of the molecule is CC(C)(OC(=O)c1cc([N+](=O)[O-])cc([N+](=O)[O-])c1)c1ccc2c(c1)CCCCc1ccccc1-2. The standard InChI is InChI=1S/C26H24N2O6/c1-26(2,34-25(29)19-14-21(27(30)31)16-22(15-19)28(32)33)20-11-12-24-18(13-20)9-4-3-7-17-8-5-6-10-23(17)24/h5-6,8,10-16H,3-4,7,9H2,1-2H3. The molecular weight excluding hydrogens is 436 g/mol. The molecule has 0 bridgehead atoms. The average Bonchev–Trinajstić information content (AvgIpc) is 2.79. The molecule has 0 aliphatic heterocycles. The zero-order chi connectivity index (χ0) is 24.5. The lowest BCUT2D eigenvalue weighted by Gasteiger charge is -2.27. The van der Waals surface area contributed by atoms with E-state index in [1.807, 2.05) is 24.3 Å². The van der Waals surface area contributed by atoms with E-state index in [9.17, 15) is 25.0 Å². The van der Waals surface area contributed by atoms with Gasteiger partial charge in [-0.15, -0.1) is 0 Å². The van der Waals surface area contributed by atoms with Crippen molar-refractivity contribution in [1.82, 2.24) is 0 Å². The smallest absolute Gasteiger partial charge is 0.339 e. The molecule has 0 radical (unpaired) electrons. The van der Waals surface area contributed by atoms with Gasteiger partial charge in [-0.25, -0.2) is 4.79 Å². The number of rotatable bonds is 5. The van der Waals surface area contributed by atoms with Crippen molar-refractivity contribution >= 4 is 17.3 Å². The zero-order valence-corrected chi connectivity index (χ0v) is 18.9. The van der Waals surface area contributed by atoms with Crippen LogP contribution < -0.4 is 0 Å². The van der Waals surface area contributed by atoms with Gasteiger partial charge < -0.3 is 4.74 Å². The number of benzene rings is 3. The Morgan fingerprint density at radius 2 is 1.41 bits per heavy atom. The Kier molecular flexibility index (Phi) is 6.15. The molecule has 0 saturated heterocycles. The molecule has 0 amide bonds. The van der Waals surface area contributed by atoms with Crippen molar-refractivity contribution in [3.8, 4) is 11.1 Å². The minimum absolute atomic E-state index is 0.242. The average molecular weight is 460 g/mol. The number of fused-ring (bicyclic) bond motifs is 3. The third-order valence-electron chi connectivity index (χ3n) is 6.16. The summed E-state index contributed by atoms with van der Waals surface area (Å²) in [6, 6.07) is 17.2. The molecule has 0 atom stereocenters. The van der Waals surface area contributed by atoms with Crippen LogP contribution in [0.1, 0.15) is 53.7 Å². The molecule has 0 aromatic heterocycles. The van der Waals surface area contributed by atoms with Crippen LogP contribution in [0.25, 0.3) is 11.1 Å². The van der Waals surface area contributed by atoms with Crippen LogP contribution in [0.15, 0.2) is 60.7 Å². The van der Waals surface area contributed by atoms with Gasteiger partial charge in [-0.3, -0.25) is 20.2 Å². The van der Waals surface area contributed by atoms with Gasteiger partial charge in [0.1, 0.15) is 5.60 Å². The summed E-state index contributed by atoms with van der Waals surface area (Å²) in [5.41, 5.74) is 3.24. The van der Waals surface area contributed by atoms with Crippen LogP contribution in [0.4, 0.5) is 11.4 Å². The zero-order valence-electron chi connectivity index (χ0n) is 18.9. The van der Waals surface area contributed by atoms with Gasteiger partial charge in [0.25, 0.3) is 11.4 Å². The second kappa shape index (κ2) is 9.05. The van der Waals surface area contributed by atoms with Crippen LogP contribution in [0.5, 0.6) is 0 Å². The monoisotopic (exact) mass is 460 g/mol. The van der Waals surface area contributed by atoms with E-state index in [2.05, 4.69) is 18.2 Å². The number of hydrogen-bond donors (Lipinski definition) is 0. The third-order valence-corrected chi connectivity index (χ3v) is 6.16. The van der Waals surface area contributed by atoms with E-state index in [1.165, 1.54) is 16.7 Å². The minimum Gasteiger partial charge on any atom is -0.451 e. The first-order chi connectivity index (χ1) is 16.2. The van der Waals surface area contributed by atoms with E-state index < -0.39 is 32.8 Å². The van der Waals surface area contributed by atoms with Crippen LogP contribution >= 0.6 is 0 Å². The molecule has 174 valence electrons. The molecule has 0 heterocycles.